The van der Waals surface area contributed by atoms with Crippen molar-refractivity contribution < 1.29 is 14.2 Å². The number of hydrogen-bond donors (Lipinski definition) is 1. The molecule has 2 aromatic rings. The van der Waals surface area contributed by atoms with Crippen LogP contribution < -0.4 is 24.4 Å². The summed E-state index contributed by atoms with van der Waals surface area (Å²) >= 11 is 5.62. The maximum Gasteiger partial charge on any atom is 0.173 e. The van der Waals surface area contributed by atoms with Crippen molar-refractivity contribution in [3.63, 3.8) is 0 Å². The first-order valence-corrected chi connectivity index (χ1v) is 9.23. The number of methoxy groups -OCH3 is 3. The molecule has 0 bridgehead atoms. The molecule has 2 aromatic carbocycles. The summed E-state index contributed by atoms with van der Waals surface area (Å²) in [6, 6.07) is 13.7. The van der Waals surface area contributed by atoms with Crippen molar-refractivity contribution in [1.29, 1.82) is 0 Å². The zero-order valence-electron chi connectivity index (χ0n) is 15.9. The van der Waals surface area contributed by atoms with E-state index in [1.807, 2.05) is 36.4 Å². The summed E-state index contributed by atoms with van der Waals surface area (Å²) < 4.78 is 16.2. The first-order chi connectivity index (χ1) is 13.2. The molecule has 0 atom stereocenters. The number of para-hydroxylation sites is 2. The lowest BCUT2D eigenvalue weighted by Gasteiger charge is -2.38. The second kappa shape index (κ2) is 8.81. The van der Waals surface area contributed by atoms with Crippen LogP contribution in [0.4, 0.5) is 11.4 Å². The highest BCUT2D eigenvalue weighted by Crippen LogP contribution is 2.30. The smallest absolute Gasteiger partial charge is 0.173 e. The van der Waals surface area contributed by atoms with Gasteiger partial charge in [0.15, 0.2) is 5.11 Å². The third kappa shape index (κ3) is 4.36. The van der Waals surface area contributed by atoms with Gasteiger partial charge in [0, 0.05) is 32.2 Å². The minimum atomic E-state index is 0.682. The average molecular weight is 388 g/mol. The lowest BCUT2D eigenvalue weighted by atomic mass is 10.2. The summed E-state index contributed by atoms with van der Waals surface area (Å²) in [7, 11) is 4.98. The van der Waals surface area contributed by atoms with E-state index in [9.17, 15) is 0 Å². The van der Waals surface area contributed by atoms with E-state index in [1.165, 1.54) is 0 Å². The number of thiocarbonyl (C=S) groups is 1. The molecule has 1 aliphatic rings. The Balaban J connectivity index is 1.64. The van der Waals surface area contributed by atoms with Gasteiger partial charge in [-0.15, -0.1) is 0 Å². The number of nitrogens with one attached hydrogen (secondary N) is 1. The van der Waals surface area contributed by atoms with Gasteiger partial charge >= 0.3 is 0 Å². The molecule has 7 heteroatoms. The van der Waals surface area contributed by atoms with Crippen LogP contribution in [0.15, 0.2) is 42.5 Å². The predicted molar refractivity (Wildman–Crippen MR) is 113 cm³/mol. The number of nitrogens with zero attached hydrogens (tertiary/aromatic N) is 2. The molecular weight excluding hydrogens is 362 g/mol. The molecule has 1 fully saturated rings. The Morgan fingerprint density at radius 1 is 0.889 bits per heavy atom. The van der Waals surface area contributed by atoms with E-state index in [-0.39, 0.29) is 0 Å². The molecule has 0 radical (unpaired) electrons. The van der Waals surface area contributed by atoms with Crippen LogP contribution in [-0.2, 0) is 0 Å². The van der Waals surface area contributed by atoms with Crippen molar-refractivity contribution in [1.82, 2.24) is 4.90 Å². The van der Waals surface area contributed by atoms with Gasteiger partial charge < -0.3 is 29.3 Å². The summed E-state index contributed by atoms with van der Waals surface area (Å²) in [6.07, 6.45) is 0. The molecule has 1 saturated heterocycles. The van der Waals surface area contributed by atoms with Gasteiger partial charge in [0.25, 0.3) is 0 Å². The standard InChI is InChI=1S/C20H25N3O3S/c1-24-15-8-9-18(25-2)16(14-15)21-20(27)23-12-10-22(11-13-23)17-6-4-5-7-19(17)26-3/h4-9,14H,10-13H2,1-3H3,(H,21,27). The molecule has 1 heterocycles. The number of anilines is 2. The van der Waals surface area contributed by atoms with Crippen LogP contribution in [-0.4, -0.2) is 57.5 Å². The molecule has 6 nitrogen and oxygen atoms in total. The number of rotatable bonds is 5. The van der Waals surface area contributed by atoms with E-state index in [0.29, 0.717) is 5.11 Å². The van der Waals surface area contributed by atoms with Gasteiger partial charge in [-0.1, -0.05) is 12.1 Å². The first kappa shape index (κ1) is 19.1. The SMILES string of the molecule is COc1ccc(OC)c(NC(=S)N2CCN(c3ccccc3OC)CC2)c1. The molecule has 0 saturated carbocycles. The zero-order chi connectivity index (χ0) is 19.2. The Kier molecular flexibility index (Phi) is 6.24. The molecule has 27 heavy (non-hydrogen) atoms. The zero-order valence-corrected chi connectivity index (χ0v) is 16.7. The largest absolute Gasteiger partial charge is 0.497 e. The topological polar surface area (TPSA) is 46.2 Å². The molecule has 1 N–H and O–H groups in total. The van der Waals surface area contributed by atoms with Gasteiger partial charge in [-0.3, -0.25) is 0 Å². The van der Waals surface area contributed by atoms with Crippen molar-refractivity contribution >= 4 is 28.7 Å². The highest BCUT2D eigenvalue weighted by Gasteiger charge is 2.21. The summed E-state index contributed by atoms with van der Waals surface area (Å²) in [6.45, 7) is 3.40. The van der Waals surface area contributed by atoms with Crippen LogP contribution in [0.5, 0.6) is 17.2 Å². The molecular formula is C20H25N3O3S. The molecule has 0 spiro atoms. The summed E-state index contributed by atoms with van der Waals surface area (Å²) in [5, 5.41) is 3.97. The van der Waals surface area contributed by atoms with Gasteiger partial charge in [0.1, 0.15) is 17.2 Å². The van der Waals surface area contributed by atoms with Crippen LogP contribution in [0.1, 0.15) is 0 Å². The van der Waals surface area contributed by atoms with E-state index in [1.54, 1.807) is 21.3 Å². The quantitative estimate of drug-likeness (QED) is 0.791. The van der Waals surface area contributed by atoms with Crippen LogP contribution in [0.25, 0.3) is 0 Å². The average Bonchev–Trinajstić information content (AvgIpc) is 2.73. The molecule has 0 aliphatic carbocycles. The highest BCUT2D eigenvalue weighted by molar-refractivity contribution is 7.80. The molecule has 0 amide bonds. The maximum atomic E-state index is 5.62. The number of benzene rings is 2. The summed E-state index contributed by atoms with van der Waals surface area (Å²) in [4.78, 5) is 4.49. The van der Waals surface area contributed by atoms with Gasteiger partial charge in [0.05, 0.1) is 32.7 Å². The van der Waals surface area contributed by atoms with E-state index in [4.69, 9.17) is 26.4 Å². The molecule has 144 valence electrons. The minimum absolute atomic E-state index is 0.682. The van der Waals surface area contributed by atoms with Gasteiger partial charge in [-0.05, 0) is 36.5 Å². The lowest BCUT2D eigenvalue weighted by Crippen LogP contribution is -2.50. The van der Waals surface area contributed by atoms with E-state index in [0.717, 1.165) is 54.8 Å². The number of ether oxygens (including phenoxy) is 3. The van der Waals surface area contributed by atoms with Crippen LogP contribution in [0, 0.1) is 0 Å². The maximum absolute atomic E-state index is 5.62. The van der Waals surface area contributed by atoms with Crippen molar-refractivity contribution in [2.24, 2.45) is 0 Å². The summed E-state index contributed by atoms with van der Waals surface area (Å²) in [5.41, 5.74) is 1.92. The van der Waals surface area contributed by atoms with Crippen molar-refractivity contribution in [2.75, 3.05) is 57.7 Å². The van der Waals surface area contributed by atoms with Gasteiger partial charge in [-0.2, -0.15) is 0 Å². The van der Waals surface area contributed by atoms with Gasteiger partial charge in [-0.25, -0.2) is 0 Å². The Morgan fingerprint density at radius 2 is 1.59 bits per heavy atom. The molecule has 1 aliphatic heterocycles. The second-order valence-electron chi connectivity index (χ2n) is 6.14. The Morgan fingerprint density at radius 3 is 2.26 bits per heavy atom. The second-order valence-corrected chi connectivity index (χ2v) is 6.53. The minimum Gasteiger partial charge on any atom is -0.497 e. The van der Waals surface area contributed by atoms with E-state index >= 15 is 0 Å². The third-order valence-electron chi connectivity index (χ3n) is 4.64. The molecule has 0 aromatic heterocycles. The first-order valence-electron chi connectivity index (χ1n) is 8.82. The highest BCUT2D eigenvalue weighted by atomic mass is 32.1. The molecule has 3 rings (SSSR count). The fourth-order valence-corrected chi connectivity index (χ4v) is 3.44. The van der Waals surface area contributed by atoms with Crippen LogP contribution in [0.3, 0.4) is 0 Å². The van der Waals surface area contributed by atoms with Crippen molar-refractivity contribution in [3.05, 3.63) is 42.5 Å². The monoisotopic (exact) mass is 387 g/mol. The molecule has 0 unspecified atom stereocenters. The fourth-order valence-electron chi connectivity index (χ4n) is 3.15. The third-order valence-corrected chi connectivity index (χ3v) is 5.00. The van der Waals surface area contributed by atoms with Crippen LogP contribution >= 0.6 is 12.2 Å². The van der Waals surface area contributed by atoms with Gasteiger partial charge in [0.2, 0.25) is 0 Å². The van der Waals surface area contributed by atoms with E-state index in [2.05, 4.69) is 21.2 Å². The predicted octanol–water partition coefficient (Wildman–Crippen LogP) is 3.23. The number of piperazine rings is 1. The Bertz CT molecular complexity index is 792. The van der Waals surface area contributed by atoms with Crippen LogP contribution in [0.2, 0.25) is 0 Å². The summed E-state index contributed by atoms with van der Waals surface area (Å²) in [5.74, 6) is 2.38. The van der Waals surface area contributed by atoms with Crippen molar-refractivity contribution in [3.8, 4) is 17.2 Å². The number of hydrogen-bond acceptors (Lipinski definition) is 5. The Labute approximate surface area is 165 Å². The fraction of sp³-hybridized carbons (Fsp3) is 0.350. The Hall–Kier alpha value is -2.67. The van der Waals surface area contributed by atoms with Crippen molar-refractivity contribution in [2.45, 2.75) is 0 Å². The lowest BCUT2D eigenvalue weighted by molar-refractivity contribution is 0.381. The van der Waals surface area contributed by atoms with E-state index < -0.39 is 0 Å². The normalized spacial score (nSPS) is 13.9.